The summed E-state index contributed by atoms with van der Waals surface area (Å²) in [4.78, 5) is 0.261. The average Bonchev–Trinajstić information content (AvgIpc) is 2.43. The molecule has 0 radical (unpaired) electrons. The molecule has 6 heteroatoms. The van der Waals surface area contributed by atoms with E-state index in [1.807, 2.05) is 19.9 Å². The first-order chi connectivity index (χ1) is 9.31. The van der Waals surface area contributed by atoms with Crippen LogP contribution in [0.3, 0.4) is 0 Å². The summed E-state index contributed by atoms with van der Waals surface area (Å²) in [6, 6.07) is 6.61. The first-order valence-corrected chi connectivity index (χ1v) is 8.13. The lowest BCUT2D eigenvalue weighted by Crippen LogP contribution is -2.61. The molecule has 1 aromatic carbocycles. The molecule has 5 nitrogen and oxygen atoms in total. The van der Waals surface area contributed by atoms with Crippen molar-refractivity contribution in [3.05, 3.63) is 29.8 Å². The third-order valence-electron chi connectivity index (χ3n) is 4.20. The fourth-order valence-electron chi connectivity index (χ4n) is 2.58. The SMILES string of the molecule is COC1CC(NS(=O)(=O)c2cccc(CN)c2)C1(C)C. The Morgan fingerprint density at radius 3 is 2.70 bits per heavy atom. The molecule has 2 unspecified atom stereocenters. The summed E-state index contributed by atoms with van der Waals surface area (Å²) in [5.74, 6) is 0. The molecule has 0 saturated heterocycles. The number of nitrogens with one attached hydrogen (secondary N) is 1. The molecule has 1 fully saturated rings. The zero-order chi connectivity index (χ0) is 15.0. The molecule has 2 rings (SSSR count). The number of benzene rings is 1. The first-order valence-electron chi connectivity index (χ1n) is 6.65. The summed E-state index contributed by atoms with van der Waals surface area (Å²) in [5, 5.41) is 0. The molecule has 3 N–H and O–H groups in total. The third-order valence-corrected chi connectivity index (χ3v) is 5.67. The van der Waals surface area contributed by atoms with Gasteiger partial charge in [-0.05, 0) is 24.1 Å². The van der Waals surface area contributed by atoms with Gasteiger partial charge in [-0.15, -0.1) is 0 Å². The van der Waals surface area contributed by atoms with Crippen LogP contribution in [0.4, 0.5) is 0 Å². The van der Waals surface area contributed by atoms with Crippen molar-refractivity contribution in [1.29, 1.82) is 0 Å². The van der Waals surface area contributed by atoms with E-state index >= 15 is 0 Å². The second-order valence-corrected chi connectivity index (χ2v) is 7.52. The van der Waals surface area contributed by atoms with Crippen LogP contribution in [0.15, 0.2) is 29.2 Å². The Morgan fingerprint density at radius 2 is 2.15 bits per heavy atom. The van der Waals surface area contributed by atoms with Gasteiger partial charge in [0.25, 0.3) is 0 Å². The minimum absolute atomic E-state index is 0.0885. The van der Waals surface area contributed by atoms with Gasteiger partial charge in [0.15, 0.2) is 0 Å². The molecule has 20 heavy (non-hydrogen) atoms. The van der Waals surface area contributed by atoms with Gasteiger partial charge in [0.05, 0.1) is 11.0 Å². The van der Waals surface area contributed by atoms with Gasteiger partial charge in [-0.2, -0.15) is 0 Å². The minimum Gasteiger partial charge on any atom is -0.381 e. The van der Waals surface area contributed by atoms with Crippen LogP contribution in [0.1, 0.15) is 25.8 Å². The van der Waals surface area contributed by atoms with Crippen LogP contribution >= 0.6 is 0 Å². The van der Waals surface area contributed by atoms with E-state index in [2.05, 4.69) is 4.72 Å². The molecule has 1 saturated carbocycles. The highest BCUT2D eigenvalue weighted by molar-refractivity contribution is 7.89. The smallest absolute Gasteiger partial charge is 0.240 e. The van der Waals surface area contributed by atoms with Crippen molar-refractivity contribution < 1.29 is 13.2 Å². The second kappa shape index (κ2) is 5.44. The molecule has 0 aromatic heterocycles. The maximum Gasteiger partial charge on any atom is 0.240 e. The van der Waals surface area contributed by atoms with Crippen molar-refractivity contribution in [1.82, 2.24) is 4.72 Å². The minimum atomic E-state index is -3.52. The van der Waals surface area contributed by atoms with Gasteiger partial charge in [-0.1, -0.05) is 26.0 Å². The van der Waals surface area contributed by atoms with Gasteiger partial charge in [-0.3, -0.25) is 0 Å². The van der Waals surface area contributed by atoms with E-state index in [0.29, 0.717) is 13.0 Å². The predicted octanol–water partition coefficient (Wildman–Crippen LogP) is 1.24. The summed E-state index contributed by atoms with van der Waals surface area (Å²) in [6.07, 6.45) is 0.782. The van der Waals surface area contributed by atoms with Crippen LogP contribution in [-0.4, -0.2) is 27.7 Å². The molecule has 0 heterocycles. The zero-order valence-corrected chi connectivity index (χ0v) is 12.9. The fourth-order valence-corrected chi connectivity index (χ4v) is 4.06. The highest BCUT2D eigenvalue weighted by atomic mass is 32.2. The Morgan fingerprint density at radius 1 is 1.45 bits per heavy atom. The van der Waals surface area contributed by atoms with Crippen LogP contribution in [0.5, 0.6) is 0 Å². The van der Waals surface area contributed by atoms with E-state index in [0.717, 1.165) is 5.56 Å². The van der Waals surface area contributed by atoms with E-state index in [-0.39, 0.29) is 22.5 Å². The number of hydrogen-bond donors (Lipinski definition) is 2. The summed E-state index contributed by atoms with van der Waals surface area (Å²) >= 11 is 0. The molecule has 0 amide bonds. The Balaban J connectivity index is 2.16. The topological polar surface area (TPSA) is 81.4 Å². The lowest BCUT2D eigenvalue weighted by Gasteiger charge is -2.50. The van der Waals surface area contributed by atoms with Gasteiger partial charge < -0.3 is 10.5 Å². The molecule has 1 aromatic rings. The first kappa shape index (κ1) is 15.4. The van der Waals surface area contributed by atoms with Gasteiger partial charge >= 0.3 is 0 Å². The third kappa shape index (κ3) is 2.74. The maximum absolute atomic E-state index is 12.4. The molecule has 0 aliphatic heterocycles. The molecule has 1 aliphatic rings. The van der Waals surface area contributed by atoms with Crippen LogP contribution in [0, 0.1) is 5.41 Å². The van der Waals surface area contributed by atoms with Crippen LogP contribution in [0.2, 0.25) is 0 Å². The number of methoxy groups -OCH3 is 1. The summed E-state index contributed by atoms with van der Waals surface area (Å²) in [7, 11) is -1.86. The van der Waals surface area contributed by atoms with E-state index in [9.17, 15) is 8.42 Å². The lowest BCUT2D eigenvalue weighted by atomic mass is 9.65. The maximum atomic E-state index is 12.4. The molecule has 0 spiro atoms. The van der Waals surface area contributed by atoms with E-state index in [4.69, 9.17) is 10.5 Å². The summed E-state index contributed by atoms with van der Waals surface area (Å²) in [6.45, 7) is 4.34. The Bertz CT molecular complexity index is 584. The van der Waals surface area contributed by atoms with E-state index in [1.165, 1.54) is 0 Å². The highest BCUT2D eigenvalue weighted by Crippen LogP contribution is 2.43. The number of rotatable bonds is 5. The molecule has 2 atom stereocenters. The van der Waals surface area contributed by atoms with Crippen molar-refractivity contribution in [3.8, 4) is 0 Å². The van der Waals surface area contributed by atoms with Crippen LogP contribution < -0.4 is 10.5 Å². The largest absolute Gasteiger partial charge is 0.381 e. The molecule has 1 aliphatic carbocycles. The van der Waals surface area contributed by atoms with Gasteiger partial charge in [-0.25, -0.2) is 13.1 Å². The van der Waals surface area contributed by atoms with Crippen molar-refractivity contribution in [3.63, 3.8) is 0 Å². The van der Waals surface area contributed by atoms with Crippen LogP contribution in [0.25, 0.3) is 0 Å². The van der Waals surface area contributed by atoms with Crippen molar-refractivity contribution in [2.75, 3.05) is 7.11 Å². The standard InChI is InChI=1S/C14H22N2O3S/c1-14(2)12(8-13(14)19-3)16-20(17,18)11-6-4-5-10(7-11)9-15/h4-7,12-13,16H,8-9,15H2,1-3H3. The highest BCUT2D eigenvalue weighted by Gasteiger charge is 2.50. The second-order valence-electron chi connectivity index (χ2n) is 5.81. The Kier molecular flexibility index (Phi) is 4.20. The van der Waals surface area contributed by atoms with Gasteiger partial charge in [0, 0.05) is 25.1 Å². The molecular weight excluding hydrogens is 276 g/mol. The zero-order valence-electron chi connectivity index (χ0n) is 12.1. The van der Waals surface area contributed by atoms with Crippen molar-refractivity contribution >= 4 is 10.0 Å². The predicted molar refractivity (Wildman–Crippen MR) is 77.6 cm³/mol. The molecular formula is C14H22N2O3S. The number of sulfonamides is 1. The van der Waals surface area contributed by atoms with E-state index in [1.54, 1.807) is 25.3 Å². The quantitative estimate of drug-likeness (QED) is 0.857. The van der Waals surface area contributed by atoms with Crippen molar-refractivity contribution in [2.24, 2.45) is 11.1 Å². The van der Waals surface area contributed by atoms with Gasteiger partial charge in [0.2, 0.25) is 10.0 Å². The number of nitrogens with two attached hydrogens (primary N) is 1. The molecule has 112 valence electrons. The lowest BCUT2D eigenvalue weighted by molar-refractivity contribution is -0.0908. The Hall–Kier alpha value is -0.950. The van der Waals surface area contributed by atoms with Gasteiger partial charge in [0.1, 0.15) is 0 Å². The van der Waals surface area contributed by atoms with Crippen LogP contribution in [-0.2, 0) is 21.3 Å². The monoisotopic (exact) mass is 298 g/mol. The van der Waals surface area contributed by atoms with E-state index < -0.39 is 10.0 Å². The fraction of sp³-hybridized carbons (Fsp3) is 0.571. The number of ether oxygens (including phenoxy) is 1. The number of hydrogen-bond acceptors (Lipinski definition) is 4. The summed E-state index contributed by atoms with van der Waals surface area (Å²) in [5.41, 5.74) is 6.15. The summed E-state index contributed by atoms with van der Waals surface area (Å²) < 4.78 is 32.9. The average molecular weight is 298 g/mol. The normalized spacial score (nSPS) is 25.2. The molecule has 0 bridgehead atoms. The van der Waals surface area contributed by atoms with Crippen molar-refractivity contribution in [2.45, 2.75) is 43.9 Å². The Labute approximate surface area is 120 Å².